The molecule has 1 aromatic rings. The van der Waals surface area contributed by atoms with Gasteiger partial charge in [-0.3, -0.25) is 0 Å². The Morgan fingerprint density at radius 1 is 1.29 bits per heavy atom. The Labute approximate surface area is 142 Å². The fraction of sp³-hybridized carbons (Fsp3) is 0.588. The Morgan fingerprint density at radius 2 is 1.96 bits per heavy atom. The zero-order valence-electron chi connectivity index (χ0n) is 14.6. The van der Waals surface area contributed by atoms with Gasteiger partial charge in [0.25, 0.3) is 0 Å². The minimum atomic E-state index is -1.01. The van der Waals surface area contributed by atoms with Crippen LogP contribution in [0.25, 0.3) is 0 Å². The molecule has 6 nitrogen and oxygen atoms in total. The maximum Gasteiger partial charge on any atom is 0.498 e. The van der Waals surface area contributed by atoms with Crippen molar-refractivity contribution in [1.82, 2.24) is 5.32 Å². The predicted molar refractivity (Wildman–Crippen MR) is 91.0 cm³/mol. The fourth-order valence-electron chi connectivity index (χ4n) is 3.10. The van der Waals surface area contributed by atoms with Crippen LogP contribution in [-0.4, -0.2) is 42.7 Å². The number of carbonyl (C=O) groups is 1. The van der Waals surface area contributed by atoms with E-state index in [1.807, 2.05) is 45.9 Å². The quantitative estimate of drug-likeness (QED) is 0.829. The molecule has 1 atom stereocenters. The molecule has 0 aromatic heterocycles. The summed E-state index contributed by atoms with van der Waals surface area (Å²) in [6.07, 6.45) is -0.231. The van der Waals surface area contributed by atoms with Gasteiger partial charge in [-0.15, -0.1) is 0 Å². The highest BCUT2D eigenvalue weighted by molar-refractivity contribution is 6.63. The fourth-order valence-corrected chi connectivity index (χ4v) is 3.10. The Bertz CT molecular complexity index is 630. The second kappa shape index (κ2) is 5.97. The molecule has 1 fully saturated rings. The van der Waals surface area contributed by atoms with Crippen molar-refractivity contribution in [3.8, 4) is 5.75 Å². The van der Waals surface area contributed by atoms with Crippen molar-refractivity contribution in [2.45, 2.75) is 51.2 Å². The lowest BCUT2D eigenvalue weighted by Crippen LogP contribution is -2.41. The third-order valence-electron chi connectivity index (χ3n) is 5.24. The Balaban J connectivity index is 1.89. The second-order valence-corrected chi connectivity index (χ2v) is 7.37. The van der Waals surface area contributed by atoms with Gasteiger partial charge in [0.2, 0.25) is 0 Å². The molecule has 130 valence electrons. The smallest absolute Gasteiger partial charge is 0.494 e. The molecule has 0 radical (unpaired) electrons. The van der Waals surface area contributed by atoms with Crippen LogP contribution in [0.3, 0.4) is 0 Å². The van der Waals surface area contributed by atoms with E-state index in [0.29, 0.717) is 13.2 Å². The van der Waals surface area contributed by atoms with Crippen LogP contribution in [0.15, 0.2) is 18.2 Å². The Hall–Kier alpha value is -1.73. The van der Waals surface area contributed by atoms with E-state index in [0.717, 1.165) is 23.2 Å². The normalized spacial score (nSPS) is 24.2. The molecule has 24 heavy (non-hydrogen) atoms. The minimum absolute atomic E-state index is 0.0900. The summed E-state index contributed by atoms with van der Waals surface area (Å²) in [6, 6.07) is 5.88. The zero-order valence-corrected chi connectivity index (χ0v) is 14.6. The van der Waals surface area contributed by atoms with Crippen LogP contribution < -0.4 is 15.5 Å². The molecule has 7 heteroatoms. The van der Waals surface area contributed by atoms with Gasteiger partial charge < -0.3 is 24.5 Å². The summed E-state index contributed by atoms with van der Waals surface area (Å²) < 4.78 is 18.2. The number of hydrogen-bond donors (Lipinski definition) is 2. The molecule has 0 saturated carbocycles. The third-order valence-corrected chi connectivity index (χ3v) is 5.24. The average molecular weight is 333 g/mol. The van der Waals surface area contributed by atoms with E-state index in [2.05, 4.69) is 5.32 Å². The molecule has 1 unspecified atom stereocenters. The third kappa shape index (κ3) is 2.98. The SMILES string of the molecule is CC1(C)OB(c2cccc3c2OCCC3CNC(=O)O)OC1(C)C. The molecule has 1 aromatic carbocycles. The average Bonchev–Trinajstić information content (AvgIpc) is 2.72. The Morgan fingerprint density at radius 3 is 2.58 bits per heavy atom. The number of ether oxygens (including phenoxy) is 1. The molecular formula is C17H24BNO5. The molecule has 1 amide bonds. The van der Waals surface area contributed by atoms with Crippen molar-refractivity contribution >= 4 is 18.7 Å². The molecule has 1 saturated heterocycles. The van der Waals surface area contributed by atoms with Gasteiger partial charge in [0, 0.05) is 17.9 Å². The molecule has 0 aliphatic carbocycles. The topological polar surface area (TPSA) is 77.0 Å². The van der Waals surface area contributed by atoms with E-state index in [4.69, 9.17) is 19.2 Å². The summed E-state index contributed by atoms with van der Waals surface area (Å²) in [5.74, 6) is 0.853. The first kappa shape index (κ1) is 17.1. The largest absolute Gasteiger partial charge is 0.498 e. The van der Waals surface area contributed by atoms with E-state index in [-0.39, 0.29) is 5.92 Å². The van der Waals surface area contributed by atoms with Gasteiger partial charge in [-0.05, 0) is 39.7 Å². The van der Waals surface area contributed by atoms with Crippen LogP contribution in [0, 0.1) is 0 Å². The highest BCUT2D eigenvalue weighted by Gasteiger charge is 2.52. The predicted octanol–water partition coefficient (Wildman–Crippen LogP) is 2.12. The van der Waals surface area contributed by atoms with Crippen molar-refractivity contribution in [1.29, 1.82) is 0 Å². The number of hydrogen-bond acceptors (Lipinski definition) is 4. The molecule has 2 heterocycles. The summed E-state index contributed by atoms with van der Waals surface area (Å²) in [7, 11) is -0.490. The van der Waals surface area contributed by atoms with Crippen molar-refractivity contribution in [3.05, 3.63) is 23.8 Å². The number of para-hydroxylation sites is 1. The summed E-state index contributed by atoms with van der Waals surface area (Å²) in [5, 5.41) is 11.3. The molecule has 3 rings (SSSR count). The van der Waals surface area contributed by atoms with Crippen molar-refractivity contribution in [3.63, 3.8) is 0 Å². The van der Waals surface area contributed by atoms with Crippen LogP contribution in [0.1, 0.15) is 45.6 Å². The molecule has 2 aliphatic rings. The summed E-state index contributed by atoms with van der Waals surface area (Å²) in [6.45, 7) is 8.99. The standard InChI is InChI=1S/C17H24BNO5/c1-16(2)17(3,4)24-18(23-16)13-7-5-6-12-11(10-19-15(20)21)8-9-22-14(12)13/h5-7,11,19H,8-10H2,1-4H3,(H,20,21). The van der Waals surface area contributed by atoms with Gasteiger partial charge in [0.05, 0.1) is 17.8 Å². The lowest BCUT2D eigenvalue weighted by molar-refractivity contribution is 0.00578. The highest BCUT2D eigenvalue weighted by Crippen LogP contribution is 2.39. The van der Waals surface area contributed by atoms with E-state index < -0.39 is 24.4 Å². The van der Waals surface area contributed by atoms with E-state index >= 15 is 0 Å². The van der Waals surface area contributed by atoms with Crippen LogP contribution in [0.2, 0.25) is 0 Å². The first-order chi connectivity index (χ1) is 11.2. The molecule has 0 bridgehead atoms. The van der Waals surface area contributed by atoms with Crippen molar-refractivity contribution in [2.75, 3.05) is 13.2 Å². The van der Waals surface area contributed by atoms with Crippen LogP contribution in [0.5, 0.6) is 5.75 Å². The van der Waals surface area contributed by atoms with Gasteiger partial charge in [-0.25, -0.2) is 4.79 Å². The maximum atomic E-state index is 10.8. The van der Waals surface area contributed by atoms with E-state index in [9.17, 15) is 4.79 Å². The number of rotatable bonds is 3. The van der Waals surface area contributed by atoms with Gasteiger partial charge in [-0.2, -0.15) is 0 Å². The number of fused-ring (bicyclic) bond motifs is 1. The van der Waals surface area contributed by atoms with Crippen LogP contribution in [-0.2, 0) is 9.31 Å². The lowest BCUT2D eigenvalue weighted by atomic mass is 9.75. The Kier molecular flexibility index (Phi) is 4.26. The number of benzene rings is 1. The summed E-state index contributed by atoms with van der Waals surface area (Å²) >= 11 is 0. The monoisotopic (exact) mass is 333 g/mol. The summed E-state index contributed by atoms with van der Waals surface area (Å²) in [4.78, 5) is 10.8. The number of nitrogens with one attached hydrogen (secondary N) is 1. The molecule has 2 aliphatic heterocycles. The highest BCUT2D eigenvalue weighted by atomic mass is 16.7. The number of carboxylic acid groups (broad SMARTS) is 1. The minimum Gasteiger partial charge on any atom is -0.494 e. The van der Waals surface area contributed by atoms with Gasteiger partial charge in [-0.1, -0.05) is 18.2 Å². The summed E-state index contributed by atoms with van der Waals surface area (Å²) in [5.41, 5.74) is 1.03. The lowest BCUT2D eigenvalue weighted by Gasteiger charge is -2.32. The van der Waals surface area contributed by atoms with E-state index in [1.165, 1.54) is 0 Å². The van der Waals surface area contributed by atoms with Gasteiger partial charge in [0.1, 0.15) is 5.75 Å². The number of amides is 1. The van der Waals surface area contributed by atoms with Crippen LogP contribution >= 0.6 is 0 Å². The van der Waals surface area contributed by atoms with Crippen molar-refractivity contribution < 1.29 is 23.9 Å². The molecule has 0 spiro atoms. The first-order valence-electron chi connectivity index (χ1n) is 8.29. The van der Waals surface area contributed by atoms with Crippen LogP contribution in [0.4, 0.5) is 4.79 Å². The van der Waals surface area contributed by atoms with Gasteiger partial charge in [0.15, 0.2) is 0 Å². The first-order valence-corrected chi connectivity index (χ1v) is 8.29. The van der Waals surface area contributed by atoms with Crippen molar-refractivity contribution in [2.24, 2.45) is 0 Å². The van der Waals surface area contributed by atoms with Gasteiger partial charge >= 0.3 is 13.2 Å². The maximum absolute atomic E-state index is 10.8. The molecule has 2 N–H and O–H groups in total. The molecular weight excluding hydrogens is 309 g/mol. The zero-order chi connectivity index (χ0) is 17.5. The van der Waals surface area contributed by atoms with E-state index in [1.54, 1.807) is 0 Å². The second-order valence-electron chi connectivity index (χ2n) is 7.37.